The van der Waals surface area contributed by atoms with Gasteiger partial charge < -0.3 is 22.1 Å². The molecule has 0 aliphatic rings. The Bertz CT molecular complexity index is 655. The first kappa shape index (κ1) is 28.5. The van der Waals surface area contributed by atoms with E-state index in [1.807, 2.05) is 0 Å². The molecule has 0 aliphatic heterocycles. The molecule has 0 saturated carbocycles. The van der Waals surface area contributed by atoms with Gasteiger partial charge in [0, 0.05) is 18.6 Å². The normalized spacial score (nSPS) is 11.7. The van der Waals surface area contributed by atoms with Gasteiger partial charge >= 0.3 is 0 Å². The van der Waals surface area contributed by atoms with Crippen molar-refractivity contribution >= 4 is 0 Å². The number of nitrogens with two attached hydrogens (primary N) is 2. The van der Waals surface area contributed by atoms with Crippen molar-refractivity contribution in [2.75, 3.05) is 19.6 Å². The molecule has 0 unspecified atom stereocenters. The van der Waals surface area contributed by atoms with Crippen molar-refractivity contribution in [3.8, 4) is 0 Å². The lowest BCUT2D eigenvalue weighted by Crippen LogP contribution is -2.41. The molecule has 2 rings (SSSR count). The van der Waals surface area contributed by atoms with Crippen LogP contribution in [-0.4, -0.2) is 25.2 Å². The van der Waals surface area contributed by atoms with E-state index in [1.54, 1.807) is 0 Å². The highest BCUT2D eigenvalue weighted by molar-refractivity contribution is 5.14. The topological polar surface area (TPSA) is 76.1 Å². The van der Waals surface area contributed by atoms with Crippen molar-refractivity contribution in [1.82, 2.24) is 10.6 Å². The largest absolute Gasteiger partial charge is 0.330 e. The van der Waals surface area contributed by atoms with Crippen molar-refractivity contribution in [2.24, 2.45) is 11.5 Å². The molecule has 0 aromatic heterocycles. The van der Waals surface area contributed by atoms with Gasteiger partial charge in [-0.05, 0) is 69.3 Å². The van der Waals surface area contributed by atoms with E-state index in [1.165, 1.54) is 56.1 Å². The first-order valence-electron chi connectivity index (χ1n) is 13.7. The minimum atomic E-state index is -0.0393. The highest BCUT2D eigenvalue weighted by atomic mass is 14.9. The number of benzene rings is 2. The van der Waals surface area contributed by atoms with Crippen molar-refractivity contribution in [2.45, 2.75) is 95.7 Å². The van der Waals surface area contributed by atoms with E-state index in [2.05, 4.69) is 71.3 Å². The molecular formula is C30H50N4. The third-order valence-electron chi connectivity index (χ3n) is 6.78. The maximum absolute atomic E-state index is 7.00. The van der Waals surface area contributed by atoms with E-state index in [0.717, 1.165) is 64.8 Å². The highest BCUT2D eigenvalue weighted by Crippen LogP contribution is 2.24. The molecule has 2 aromatic carbocycles. The standard InChI is InChI=1S/C30H50N4/c31-23-13-5-3-1-2-4-12-20-30(32,21-14-24-33-26-28-16-8-6-9-17-28)22-15-25-34-27-29-18-10-7-11-19-29/h6-11,16-19,33-34H,1-5,12-15,20-27,31-32H2. The van der Waals surface area contributed by atoms with Crippen LogP contribution < -0.4 is 22.1 Å². The van der Waals surface area contributed by atoms with Gasteiger partial charge in [0.1, 0.15) is 0 Å². The second-order valence-electron chi connectivity index (χ2n) is 9.91. The van der Waals surface area contributed by atoms with Crippen LogP contribution in [-0.2, 0) is 13.1 Å². The average Bonchev–Trinajstić information content (AvgIpc) is 2.86. The Kier molecular flexibility index (Phi) is 15.6. The molecule has 0 aliphatic carbocycles. The number of hydrogen-bond acceptors (Lipinski definition) is 4. The molecule has 6 N–H and O–H groups in total. The van der Waals surface area contributed by atoms with E-state index in [0.29, 0.717) is 0 Å². The molecule has 2 aromatic rings. The van der Waals surface area contributed by atoms with Crippen LogP contribution in [0.2, 0.25) is 0 Å². The van der Waals surface area contributed by atoms with Gasteiger partial charge in [-0.2, -0.15) is 0 Å². The molecule has 0 fully saturated rings. The van der Waals surface area contributed by atoms with Gasteiger partial charge in [0.05, 0.1) is 0 Å². The highest BCUT2D eigenvalue weighted by Gasteiger charge is 2.23. The summed E-state index contributed by atoms with van der Waals surface area (Å²) in [7, 11) is 0. The molecule has 4 nitrogen and oxygen atoms in total. The van der Waals surface area contributed by atoms with E-state index in [9.17, 15) is 0 Å². The number of rotatable bonds is 21. The van der Waals surface area contributed by atoms with Crippen LogP contribution in [0.4, 0.5) is 0 Å². The van der Waals surface area contributed by atoms with Crippen LogP contribution in [0.15, 0.2) is 60.7 Å². The molecule has 34 heavy (non-hydrogen) atoms. The zero-order valence-corrected chi connectivity index (χ0v) is 21.4. The molecule has 0 amide bonds. The van der Waals surface area contributed by atoms with Gasteiger partial charge in [-0.1, -0.05) is 99.2 Å². The third kappa shape index (κ3) is 13.9. The number of unbranched alkanes of at least 4 members (excludes halogenated alkanes) is 6. The van der Waals surface area contributed by atoms with Gasteiger partial charge in [-0.3, -0.25) is 0 Å². The lowest BCUT2D eigenvalue weighted by molar-refractivity contribution is 0.307. The van der Waals surface area contributed by atoms with Crippen LogP contribution in [0.1, 0.15) is 88.2 Å². The summed E-state index contributed by atoms with van der Waals surface area (Å²) < 4.78 is 0. The van der Waals surface area contributed by atoms with Gasteiger partial charge in [-0.15, -0.1) is 0 Å². The first-order valence-corrected chi connectivity index (χ1v) is 13.7. The second-order valence-corrected chi connectivity index (χ2v) is 9.91. The van der Waals surface area contributed by atoms with Gasteiger partial charge in [0.2, 0.25) is 0 Å². The SMILES string of the molecule is NCCCCCCCCCC(N)(CCCNCc1ccccc1)CCCNCc1ccccc1. The lowest BCUT2D eigenvalue weighted by atomic mass is 9.84. The van der Waals surface area contributed by atoms with Crippen LogP contribution in [0, 0.1) is 0 Å². The van der Waals surface area contributed by atoms with Crippen molar-refractivity contribution in [3.63, 3.8) is 0 Å². The van der Waals surface area contributed by atoms with E-state index in [-0.39, 0.29) is 5.54 Å². The third-order valence-corrected chi connectivity index (χ3v) is 6.78. The fourth-order valence-electron chi connectivity index (χ4n) is 4.67. The average molecular weight is 467 g/mol. The molecule has 190 valence electrons. The Labute approximate surface area is 209 Å². The summed E-state index contributed by atoms with van der Waals surface area (Å²) >= 11 is 0. The van der Waals surface area contributed by atoms with E-state index in [4.69, 9.17) is 11.5 Å². The summed E-state index contributed by atoms with van der Waals surface area (Å²) in [6.07, 6.45) is 14.6. The lowest BCUT2D eigenvalue weighted by Gasteiger charge is -2.30. The van der Waals surface area contributed by atoms with Crippen molar-refractivity contribution < 1.29 is 0 Å². The van der Waals surface area contributed by atoms with Crippen molar-refractivity contribution in [3.05, 3.63) is 71.8 Å². The Hall–Kier alpha value is -1.72. The zero-order valence-electron chi connectivity index (χ0n) is 21.4. The summed E-state index contributed by atoms with van der Waals surface area (Å²) in [6, 6.07) is 21.3. The molecule has 4 heteroatoms. The molecule has 0 bridgehead atoms. The molecule has 0 spiro atoms. The van der Waals surface area contributed by atoms with Gasteiger partial charge in [0.25, 0.3) is 0 Å². The molecule has 0 saturated heterocycles. The van der Waals surface area contributed by atoms with Crippen LogP contribution in [0.5, 0.6) is 0 Å². The van der Waals surface area contributed by atoms with Gasteiger partial charge in [0.15, 0.2) is 0 Å². The fraction of sp³-hybridized carbons (Fsp3) is 0.600. The predicted molar refractivity (Wildman–Crippen MR) is 148 cm³/mol. The summed E-state index contributed by atoms with van der Waals surface area (Å²) in [4.78, 5) is 0. The number of hydrogen-bond donors (Lipinski definition) is 4. The maximum Gasteiger partial charge on any atom is 0.0205 e. The Morgan fingerprint density at radius 2 is 0.941 bits per heavy atom. The number of nitrogens with one attached hydrogen (secondary N) is 2. The zero-order chi connectivity index (χ0) is 24.2. The Morgan fingerprint density at radius 1 is 0.529 bits per heavy atom. The van der Waals surface area contributed by atoms with Crippen LogP contribution in [0.25, 0.3) is 0 Å². The molecular weight excluding hydrogens is 416 g/mol. The summed E-state index contributed by atoms with van der Waals surface area (Å²) in [5.41, 5.74) is 15.2. The summed E-state index contributed by atoms with van der Waals surface area (Å²) in [5.74, 6) is 0. The van der Waals surface area contributed by atoms with Crippen LogP contribution >= 0.6 is 0 Å². The summed E-state index contributed by atoms with van der Waals surface area (Å²) in [6.45, 7) is 4.76. The fourth-order valence-corrected chi connectivity index (χ4v) is 4.67. The van der Waals surface area contributed by atoms with Gasteiger partial charge in [-0.25, -0.2) is 0 Å². The maximum atomic E-state index is 7.00. The van der Waals surface area contributed by atoms with Crippen LogP contribution in [0.3, 0.4) is 0 Å². The first-order chi connectivity index (χ1) is 16.7. The minimum Gasteiger partial charge on any atom is -0.330 e. The molecule has 0 radical (unpaired) electrons. The second kappa shape index (κ2) is 18.6. The predicted octanol–water partition coefficient (Wildman–Crippen LogP) is 5.90. The van der Waals surface area contributed by atoms with Crippen molar-refractivity contribution in [1.29, 1.82) is 0 Å². The smallest absolute Gasteiger partial charge is 0.0205 e. The minimum absolute atomic E-state index is 0.0393. The Balaban J connectivity index is 1.66. The van der Waals surface area contributed by atoms with E-state index >= 15 is 0 Å². The molecule has 0 heterocycles. The quantitative estimate of drug-likeness (QED) is 0.173. The molecule has 0 atom stereocenters. The van der Waals surface area contributed by atoms with E-state index < -0.39 is 0 Å². The monoisotopic (exact) mass is 466 g/mol. The summed E-state index contributed by atoms with van der Waals surface area (Å²) in [5, 5.41) is 7.19. The Morgan fingerprint density at radius 3 is 1.41 bits per heavy atom.